The van der Waals surface area contributed by atoms with E-state index in [1.165, 1.54) is 65.9 Å². The molecule has 0 spiro atoms. The lowest BCUT2D eigenvalue weighted by molar-refractivity contribution is 0.0697. The largest absolute Gasteiger partial charge is 0.478 e. The fraction of sp³-hybridized carbons (Fsp3) is 0. The fourth-order valence-corrected chi connectivity index (χ4v) is 11.8. The minimum absolute atomic E-state index is 0.160. The molecule has 0 radical (unpaired) electrons. The lowest BCUT2D eigenvalue weighted by Gasteiger charge is -2.08. The second-order valence-corrected chi connectivity index (χ2v) is 22.8. The molecule has 0 saturated carbocycles. The molecule has 0 aliphatic rings. The molecule has 6 N–H and O–H groups in total. The molecule has 25 nitrogen and oxygen atoms in total. The van der Waals surface area contributed by atoms with Gasteiger partial charge in [-0.25, -0.2) is 4.79 Å². The maximum Gasteiger partial charge on any atom is 0.338 e. The summed E-state index contributed by atoms with van der Waals surface area (Å²) in [5.74, 6) is -1.64. The standard InChI is InChI=1S/C41H26N8O17S5/c50-41(51)30-18-33(46-45-32-14-9-23-15-26(67(52,53)54)12-13-27(23)39(32)49(45)46)38(71(64,65)66)19-31(30)43-42-24-10-7-21(35(16-24)68(55,56)57)5-6-22-8-11-25(17-36(22)69(58,59)60)44-47-34-20-37(70(61,62)63)28-3-1-2-4-29(28)40(34)48(44)47/h1-20H,(H,50,51)(H,52,53,54)(H,55,56,57)(H,58,59,60)(H,61,62,63)(H,64,65,66). The average molecular weight is 1060 g/mol. The van der Waals surface area contributed by atoms with Crippen LogP contribution in [0.4, 0.5) is 11.4 Å². The average Bonchev–Trinajstić information content (AvgIpc) is 4.14. The summed E-state index contributed by atoms with van der Waals surface area (Å²) in [5, 5.41) is 19.4. The van der Waals surface area contributed by atoms with Crippen LogP contribution in [0.25, 0.3) is 67.1 Å². The zero-order valence-corrected chi connectivity index (χ0v) is 38.9. The highest BCUT2D eigenvalue weighted by Gasteiger charge is 2.33. The molecule has 4 aromatic heterocycles. The van der Waals surface area contributed by atoms with Crippen molar-refractivity contribution in [3.63, 3.8) is 0 Å². The molecule has 7 aromatic carbocycles. The topological polar surface area (TPSA) is 361 Å². The van der Waals surface area contributed by atoms with Gasteiger partial charge in [0.25, 0.3) is 50.6 Å². The normalized spacial score (nSPS) is 13.7. The van der Waals surface area contributed by atoms with E-state index >= 15 is 0 Å². The lowest BCUT2D eigenvalue weighted by Crippen LogP contribution is -2.07. The number of hydrogen-bond donors (Lipinski definition) is 6. The molecule has 11 aromatic rings. The first-order valence-corrected chi connectivity index (χ1v) is 27.0. The van der Waals surface area contributed by atoms with E-state index in [9.17, 15) is 74.8 Å². The van der Waals surface area contributed by atoms with E-state index in [0.717, 1.165) is 48.6 Å². The van der Waals surface area contributed by atoms with E-state index < -0.39 is 82.5 Å². The molecule has 30 heteroatoms. The maximum atomic E-state index is 12.8. The van der Waals surface area contributed by atoms with Gasteiger partial charge in [0.05, 0.1) is 21.8 Å². The smallest absolute Gasteiger partial charge is 0.338 e. The summed E-state index contributed by atoms with van der Waals surface area (Å²) in [6, 6.07) is 23.0. The van der Waals surface area contributed by atoms with Crippen LogP contribution in [0.5, 0.6) is 0 Å². The zero-order valence-electron chi connectivity index (χ0n) is 34.8. The van der Waals surface area contributed by atoms with Gasteiger partial charge in [0, 0.05) is 16.2 Å². The molecule has 0 aliphatic carbocycles. The van der Waals surface area contributed by atoms with Crippen LogP contribution in [0.3, 0.4) is 0 Å². The van der Waals surface area contributed by atoms with Gasteiger partial charge in [0.15, 0.2) is 0 Å². The van der Waals surface area contributed by atoms with Crippen LogP contribution in [0.15, 0.2) is 144 Å². The number of carbonyl (C=O) groups is 1. The second kappa shape index (κ2) is 14.9. The van der Waals surface area contributed by atoms with Gasteiger partial charge in [-0.1, -0.05) is 60.7 Å². The highest BCUT2D eigenvalue weighted by molar-refractivity contribution is 7.87. The third-order valence-electron chi connectivity index (χ3n) is 11.6. The van der Waals surface area contributed by atoms with Gasteiger partial charge in [-0.05, 0) is 77.2 Å². The third kappa shape index (κ3) is 7.35. The van der Waals surface area contributed by atoms with Crippen LogP contribution in [0, 0.1) is 0 Å². The van der Waals surface area contributed by atoms with Gasteiger partial charge in [-0.2, -0.15) is 52.0 Å². The zero-order chi connectivity index (χ0) is 50.6. The van der Waals surface area contributed by atoms with Gasteiger partial charge in [-0.3, -0.25) is 22.8 Å². The molecule has 0 fully saturated rings. The second-order valence-electron chi connectivity index (χ2n) is 15.8. The van der Waals surface area contributed by atoms with Crippen LogP contribution in [0.2, 0.25) is 0 Å². The van der Waals surface area contributed by atoms with E-state index in [1.807, 2.05) is 0 Å². The lowest BCUT2D eigenvalue weighted by atomic mass is 10.1. The highest BCUT2D eigenvalue weighted by atomic mass is 32.2. The van der Waals surface area contributed by atoms with Crippen LogP contribution in [0.1, 0.15) is 21.5 Å². The number of aromatic carboxylic acids is 1. The quantitative estimate of drug-likeness (QED) is 0.0465. The number of carboxylic acids is 1. The van der Waals surface area contributed by atoms with Crippen LogP contribution < -0.4 is 0 Å². The Balaban J connectivity index is 0.929. The van der Waals surface area contributed by atoms with Crippen molar-refractivity contribution in [1.29, 1.82) is 0 Å². The fourth-order valence-electron chi connectivity index (χ4n) is 8.50. The van der Waals surface area contributed by atoms with Crippen molar-refractivity contribution in [3.05, 3.63) is 126 Å². The molecule has 0 atom stereocenters. The van der Waals surface area contributed by atoms with Crippen molar-refractivity contribution in [2.45, 2.75) is 24.5 Å². The molecule has 4 heterocycles. The predicted molar refractivity (Wildman–Crippen MR) is 248 cm³/mol. The Morgan fingerprint density at radius 1 is 0.479 bits per heavy atom. The summed E-state index contributed by atoms with van der Waals surface area (Å²) >= 11 is 0. The van der Waals surface area contributed by atoms with Crippen molar-refractivity contribution in [1.82, 2.24) is 28.1 Å². The molecule has 0 unspecified atom stereocenters. The SMILES string of the molecule is O=C(O)c1cc(-n2n3c4ccc5cc(S(=O)(=O)O)ccc5c4n23)c(S(=O)(=O)O)cc1N=Nc1ccc(C=Cc2ccc(-n3n4c5cc(S(=O)(=O)O)c6ccccc6c5n34)cc2S(=O)(=O)O)c(S(=O)(=O)O)c1. The summed E-state index contributed by atoms with van der Waals surface area (Å²) in [7, 11) is -24.4. The Labute approximate surface area is 396 Å². The molecule has 71 heavy (non-hydrogen) atoms. The van der Waals surface area contributed by atoms with Gasteiger partial charge < -0.3 is 5.11 Å². The Hall–Kier alpha value is -7.78. The minimum Gasteiger partial charge on any atom is -0.478 e. The molecule has 362 valence electrons. The monoisotopic (exact) mass is 1060 g/mol. The van der Waals surface area contributed by atoms with Crippen LogP contribution >= 0.6 is 0 Å². The van der Waals surface area contributed by atoms with Gasteiger partial charge in [0.1, 0.15) is 53.0 Å². The van der Waals surface area contributed by atoms with Gasteiger partial charge in [-0.15, -0.1) is 28.4 Å². The van der Waals surface area contributed by atoms with E-state index in [2.05, 4.69) is 10.2 Å². The van der Waals surface area contributed by atoms with Crippen molar-refractivity contribution in [2.75, 3.05) is 0 Å². The Morgan fingerprint density at radius 3 is 1.70 bits per heavy atom. The summed E-state index contributed by atoms with van der Waals surface area (Å²) in [5.41, 5.74) is -0.377. The predicted octanol–water partition coefficient (Wildman–Crippen LogP) is 5.98. The van der Waals surface area contributed by atoms with E-state index in [-0.39, 0.29) is 43.4 Å². The Bertz CT molecular complexity index is 4820. The minimum atomic E-state index is -5.15. The number of rotatable bonds is 12. The number of carboxylic acid groups (broad SMARTS) is 1. The number of azo groups is 1. The molecule has 11 rings (SSSR count). The van der Waals surface area contributed by atoms with Crippen molar-refractivity contribution in [2.24, 2.45) is 10.2 Å². The Morgan fingerprint density at radius 2 is 1.07 bits per heavy atom. The Kier molecular flexibility index (Phi) is 9.56. The molecule has 0 saturated heterocycles. The number of benzene rings is 7. The molecule has 0 aliphatic heterocycles. The highest BCUT2D eigenvalue weighted by Crippen LogP contribution is 2.40. The van der Waals surface area contributed by atoms with E-state index in [0.29, 0.717) is 44.3 Å². The molecular weight excluding hydrogens is 1040 g/mol. The summed E-state index contributed by atoms with van der Waals surface area (Å²) in [4.78, 5) is 12.2. The number of aromatic nitrogens is 6. The first-order chi connectivity index (χ1) is 33.2. The van der Waals surface area contributed by atoms with Gasteiger partial charge >= 0.3 is 5.97 Å². The number of fused-ring (bicyclic) bond motifs is 12. The molecule has 0 amide bonds. The number of nitrogens with zero attached hydrogens (tertiary/aromatic N) is 8. The first-order valence-electron chi connectivity index (χ1n) is 19.8. The third-order valence-corrected chi connectivity index (χ3v) is 16.1. The summed E-state index contributed by atoms with van der Waals surface area (Å²) < 4.78 is 180. The van der Waals surface area contributed by atoms with E-state index in [1.54, 1.807) is 28.9 Å². The summed E-state index contributed by atoms with van der Waals surface area (Å²) in [6.45, 7) is 0. The van der Waals surface area contributed by atoms with Crippen LogP contribution in [-0.4, -0.2) is 104 Å². The van der Waals surface area contributed by atoms with Crippen LogP contribution in [-0.2, 0) is 50.6 Å². The van der Waals surface area contributed by atoms with Crippen molar-refractivity contribution >= 4 is 124 Å². The first kappa shape index (κ1) is 45.7. The maximum absolute atomic E-state index is 12.8. The van der Waals surface area contributed by atoms with Crippen molar-refractivity contribution < 1.29 is 74.8 Å². The molecule has 0 bridgehead atoms. The number of hydrogen-bond acceptors (Lipinski definition) is 13. The summed E-state index contributed by atoms with van der Waals surface area (Å²) in [6.07, 6.45) is 2.20. The van der Waals surface area contributed by atoms with Crippen molar-refractivity contribution in [3.8, 4) is 11.4 Å². The van der Waals surface area contributed by atoms with E-state index in [4.69, 9.17) is 0 Å². The van der Waals surface area contributed by atoms with Gasteiger partial charge in [0.2, 0.25) is 0 Å². The molecular formula is C41H26N8O17S5.